The highest BCUT2D eigenvalue weighted by Gasteiger charge is 2.18. The maximum atomic E-state index is 12.5. The minimum atomic E-state index is -0.000181. The maximum absolute atomic E-state index is 12.5. The van der Waals surface area contributed by atoms with Crippen LogP contribution in [0.3, 0.4) is 0 Å². The lowest BCUT2D eigenvalue weighted by Crippen LogP contribution is -2.24. The molecule has 4 nitrogen and oxygen atoms in total. The van der Waals surface area contributed by atoms with Gasteiger partial charge in [-0.25, -0.2) is 4.98 Å². The van der Waals surface area contributed by atoms with Crippen LogP contribution in [0, 0.1) is 5.92 Å². The number of nitrogens with one attached hydrogen (secondary N) is 2. The molecule has 1 aliphatic heterocycles. The Bertz CT molecular complexity index is 662. The monoisotopic (exact) mass is 329 g/mol. The molecular weight excluding hydrogens is 306 g/mol. The van der Waals surface area contributed by atoms with Gasteiger partial charge in [0, 0.05) is 10.9 Å². The van der Waals surface area contributed by atoms with Crippen molar-refractivity contribution in [3.8, 4) is 0 Å². The van der Waals surface area contributed by atoms with Gasteiger partial charge in [-0.3, -0.25) is 4.79 Å². The van der Waals surface area contributed by atoms with Crippen molar-refractivity contribution in [2.75, 3.05) is 13.1 Å². The van der Waals surface area contributed by atoms with Gasteiger partial charge in [-0.1, -0.05) is 25.1 Å². The third-order valence-corrected chi connectivity index (χ3v) is 5.19. The molecule has 1 saturated heterocycles. The standard InChI is InChI=1S/C18H23N3OS/c1-2-15-12-23-17(21-15)11-20-18(22)16-6-4-3-5-14(16)9-13-7-8-19-10-13/h3-6,12-13,19H,2,7-11H2,1H3,(H,20,22). The van der Waals surface area contributed by atoms with Crippen LogP contribution in [-0.4, -0.2) is 24.0 Å². The Morgan fingerprint density at radius 2 is 2.30 bits per heavy atom. The first kappa shape index (κ1) is 16.1. The van der Waals surface area contributed by atoms with Crippen LogP contribution in [-0.2, 0) is 19.4 Å². The number of aromatic nitrogens is 1. The van der Waals surface area contributed by atoms with Crippen LogP contribution in [0.4, 0.5) is 0 Å². The first-order chi connectivity index (χ1) is 11.3. The number of carbonyl (C=O) groups is 1. The number of benzene rings is 1. The van der Waals surface area contributed by atoms with Crippen LogP contribution in [0.2, 0.25) is 0 Å². The lowest BCUT2D eigenvalue weighted by atomic mass is 9.94. The molecule has 0 bridgehead atoms. The topological polar surface area (TPSA) is 54.0 Å². The van der Waals surface area contributed by atoms with Gasteiger partial charge in [0.1, 0.15) is 5.01 Å². The smallest absolute Gasteiger partial charge is 0.251 e. The molecule has 23 heavy (non-hydrogen) atoms. The van der Waals surface area contributed by atoms with Crippen LogP contribution < -0.4 is 10.6 Å². The summed E-state index contributed by atoms with van der Waals surface area (Å²) in [5.41, 5.74) is 3.03. The van der Waals surface area contributed by atoms with E-state index >= 15 is 0 Å². The van der Waals surface area contributed by atoms with Gasteiger partial charge in [0.05, 0.1) is 12.2 Å². The van der Waals surface area contributed by atoms with E-state index in [9.17, 15) is 4.79 Å². The van der Waals surface area contributed by atoms with Crippen LogP contribution >= 0.6 is 11.3 Å². The van der Waals surface area contributed by atoms with Crippen molar-refractivity contribution in [3.05, 3.63) is 51.5 Å². The summed E-state index contributed by atoms with van der Waals surface area (Å²) in [5.74, 6) is 0.634. The zero-order chi connectivity index (χ0) is 16.1. The predicted octanol–water partition coefficient (Wildman–Crippen LogP) is 2.79. The second-order valence-corrected chi connectivity index (χ2v) is 6.93. The Kier molecular flexibility index (Phi) is 5.41. The molecule has 1 aliphatic rings. The third-order valence-electron chi connectivity index (χ3n) is 4.29. The fourth-order valence-corrected chi connectivity index (χ4v) is 3.78. The van der Waals surface area contributed by atoms with Gasteiger partial charge in [0.2, 0.25) is 0 Å². The van der Waals surface area contributed by atoms with Crippen molar-refractivity contribution in [3.63, 3.8) is 0 Å². The number of hydrogen-bond acceptors (Lipinski definition) is 4. The predicted molar refractivity (Wildman–Crippen MR) is 93.8 cm³/mol. The maximum Gasteiger partial charge on any atom is 0.251 e. The number of nitrogens with zero attached hydrogens (tertiary/aromatic N) is 1. The zero-order valence-corrected chi connectivity index (χ0v) is 14.3. The first-order valence-electron chi connectivity index (χ1n) is 8.26. The molecule has 1 aromatic carbocycles. The van der Waals surface area contributed by atoms with E-state index < -0.39 is 0 Å². The molecule has 0 aliphatic carbocycles. The molecule has 0 spiro atoms. The molecular formula is C18H23N3OS. The average molecular weight is 329 g/mol. The summed E-state index contributed by atoms with van der Waals surface area (Å²) in [7, 11) is 0. The normalized spacial score (nSPS) is 17.3. The Labute approximate surface area is 141 Å². The van der Waals surface area contributed by atoms with Crippen molar-refractivity contribution >= 4 is 17.2 Å². The van der Waals surface area contributed by atoms with E-state index in [2.05, 4.69) is 34.0 Å². The number of rotatable bonds is 6. The number of carbonyl (C=O) groups excluding carboxylic acids is 1. The molecule has 1 amide bonds. The van der Waals surface area contributed by atoms with Crippen LogP contribution in [0.1, 0.15) is 40.0 Å². The van der Waals surface area contributed by atoms with Gasteiger partial charge in [-0.15, -0.1) is 11.3 Å². The van der Waals surface area contributed by atoms with Crippen molar-refractivity contribution in [2.24, 2.45) is 5.92 Å². The summed E-state index contributed by atoms with van der Waals surface area (Å²) in [5, 5.41) is 9.42. The second-order valence-electron chi connectivity index (χ2n) is 5.99. The van der Waals surface area contributed by atoms with Crippen LogP contribution in [0.25, 0.3) is 0 Å². The molecule has 2 N–H and O–H groups in total. The minimum Gasteiger partial charge on any atom is -0.346 e. The van der Waals surface area contributed by atoms with E-state index in [1.165, 1.54) is 6.42 Å². The fraction of sp³-hybridized carbons (Fsp3) is 0.444. The summed E-state index contributed by atoms with van der Waals surface area (Å²) >= 11 is 1.61. The quantitative estimate of drug-likeness (QED) is 0.857. The van der Waals surface area contributed by atoms with Crippen molar-refractivity contribution in [1.29, 1.82) is 0 Å². The van der Waals surface area contributed by atoms with Gasteiger partial charge in [-0.2, -0.15) is 0 Å². The number of thiazole rings is 1. The molecule has 5 heteroatoms. The molecule has 2 heterocycles. The summed E-state index contributed by atoms with van der Waals surface area (Å²) in [6.45, 7) is 4.73. The first-order valence-corrected chi connectivity index (χ1v) is 9.14. The molecule has 2 aromatic rings. The van der Waals surface area contributed by atoms with E-state index in [4.69, 9.17) is 0 Å². The summed E-state index contributed by atoms with van der Waals surface area (Å²) in [6, 6.07) is 7.95. The Balaban J connectivity index is 1.64. The zero-order valence-electron chi connectivity index (χ0n) is 13.5. The van der Waals surface area contributed by atoms with Gasteiger partial charge < -0.3 is 10.6 Å². The van der Waals surface area contributed by atoms with Gasteiger partial charge in [0.25, 0.3) is 5.91 Å². The highest BCUT2D eigenvalue weighted by atomic mass is 32.1. The Hall–Kier alpha value is -1.72. The fourth-order valence-electron chi connectivity index (χ4n) is 2.96. The number of hydrogen-bond donors (Lipinski definition) is 2. The summed E-state index contributed by atoms with van der Waals surface area (Å²) in [4.78, 5) is 17.0. The largest absolute Gasteiger partial charge is 0.346 e. The van der Waals surface area contributed by atoms with Crippen LogP contribution in [0.15, 0.2) is 29.6 Å². The summed E-state index contributed by atoms with van der Waals surface area (Å²) < 4.78 is 0. The second kappa shape index (κ2) is 7.70. The molecule has 1 fully saturated rings. The molecule has 0 saturated carbocycles. The number of aryl methyl sites for hydroxylation is 1. The average Bonchev–Trinajstić information content (AvgIpc) is 3.24. The van der Waals surface area contributed by atoms with E-state index in [-0.39, 0.29) is 5.91 Å². The van der Waals surface area contributed by atoms with E-state index in [0.717, 1.165) is 47.8 Å². The minimum absolute atomic E-state index is 0.000181. The van der Waals surface area contributed by atoms with Crippen molar-refractivity contribution in [2.45, 2.75) is 32.7 Å². The van der Waals surface area contributed by atoms with Gasteiger partial charge in [-0.05, 0) is 49.9 Å². The lowest BCUT2D eigenvalue weighted by Gasteiger charge is -2.13. The van der Waals surface area contributed by atoms with E-state index in [0.29, 0.717) is 12.5 Å². The molecule has 3 rings (SSSR count). The summed E-state index contributed by atoms with van der Waals surface area (Å²) in [6.07, 6.45) is 3.09. The highest BCUT2D eigenvalue weighted by molar-refractivity contribution is 7.09. The molecule has 1 unspecified atom stereocenters. The van der Waals surface area contributed by atoms with Crippen LogP contribution in [0.5, 0.6) is 0 Å². The van der Waals surface area contributed by atoms with Crippen molar-refractivity contribution in [1.82, 2.24) is 15.6 Å². The molecule has 122 valence electrons. The van der Waals surface area contributed by atoms with Crippen molar-refractivity contribution < 1.29 is 4.79 Å². The van der Waals surface area contributed by atoms with Gasteiger partial charge in [0.15, 0.2) is 0 Å². The highest BCUT2D eigenvalue weighted by Crippen LogP contribution is 2.19. The SMILES string of the molecule is CCc1csc(CNC(=O)c2ccccc2CC2CCNC2)n1. The van der Waals surface area contributed by atoms with E-state index in [1.807, 2.05) is 18.2 Å². The molecule has 1 atom stereocenters. The number of amides is 1. The lowest BCUT2D eigenvalue weighted by molar-refractivity contribution is 0.0949. The van der Waals surface area contributed by atoms with E-state index in [1.54, 1.807) is 11.3 Å². The Morgan fingerprint density at radius 3 is 3.04 bits per heavy atom. The third kappa shape index (κ3) is 4.18. The Morgan fingerprint density at radius 1 is 1.43 bits per heavy atom. The molecule has 0 radical (unpaired) electrons. The molecule has 1 aromatic heterocycles. The van der Waals surface area contributed by atoms with Gasteiger partial charge >= 0.3 is 0 Å².